The zero-order chi connectivity index (χ0) is 9.97. The van der Waals surface area contributed by atoms with Gasteiger partial charge in [0.15, 0.2) is 0 Å². The van der Waals surface area contributed by atoms with Gasteiger partial charge in [-0.3, -0.25) is 4.79 Å². The van der Waals surface area contributed by atoms with E-state index < -0.39 is 0 Å². The third-order valence-electron chi connectivity index (χ3n) is 2.68. The van der Waals surface area contributed by atoms with Crippen LogP contribution in [-0.4, -0.2) is 29.9 Å². The van der Waals surface area contributed by atoms with Crippen molar-refractivity contribution in [1.82, 2.24) is 4.90 Å². The molecular formula is C10H14N2OS. The van der Waals surface area contributed by atoms with Gasteiger partial charge >= 0.3 is 0 Å². The summed E-state index contributed by atoms with van der Waals surface area (Å²) in [4.78, 5) is 13.9. The number of hydrogen-bond acceptors (Lipinski definition) is 3. The molecule has 0 aromatic carbocycles. The molecule has 1 fully saturated rings. The third-order valence-corrected chi connectivity index (χ3v) is 3.36. The van der Waals surface area contributed by atoms with Crippen LogP contribution in [0.4, 0.5) is 0 Å². The molecule has 0 saturated carbocycles. The lowest BCUT2D eigenvalue weighted by atomic mass is 10.2. The summed E-state index contributed by atoms with van der Waals surface area (Å²) < 4.78 is 0. The minimum absolute atomic E-state index is 0.138. The van der Waals surface area contributed by atoms with Gasteiger partial charge in [-0.2, -0.15) is 11.3 Å². The quantitative estimate of drug-likeness (QED) is 0.800. The van der Waals surface area contributed by atoms with Crippen LogP contribution in [0.3, 0.4) is 0 Å². The fraction of sp³-hybridized carbons (Fsp3) is 0.500. The normalized spacial score (nSPS) is 21.5. The first-order valence-electron chi connectivity index (χ1n) is 4.86. The highest BCUT2D eigenvalue weighted by molar-refractivity contribution is 7.08. The van der Waals surface area contributed by atoms with Crippen molar-refractivity contribution in [2.45, 2.75) is 18.9 Å². The SMILES string of the molecule is NC[C@H]1CCCN1C(=O)c1ccsc1. The van der Waals surface area contributed by atoms with Crippen molar-refractivity contribution < 1.29 is 4.79 Å². The summed E-state index contributed by atoms with van der Waals surface area (Å²) in [6.07, 6.45) is 2.13. The van der Waals surface area contributed by atoms with Crippen LogP contribution in [-0.2, 0) is 0 Å². The van der Waals surface area contributed by atoms with Gasteiger partial charge in [0.25, 0.3) is 5.91 Å². The Kier molecular flexibility index (Phi) is 2.84. The molecule has 0 spiro atoms. The van der Waals surface area contributed by atoms with E-state index >= 15 is 0 Å². The van der Waals surface area contributed by atoms with Crippen molar-refractivity contribution in [3.63, 3.8) is 0 Å². The van der Waals surface area contributed by atoms with Gasteiger partial charge in [0, 0.05) is 24.5 Å². The number of likely N-dealkylation sites (tertiary alicyclic amines) is 1. The fourth-order valence-electron chi connectivity index (χ4n) is 1.90. The number of thiophene rings is 1. The Bertz CT molecular complexity index is 310. The monoisotopic (exact) mass is 210 g/mol. The van der Waals surface area contributed by atoms with Crippen LogP contribution < -0.4 is 5.73 Å². The number of carbonyl (C=O) groups excluding carboxylic acids is 1. The molecule has 2 heterocycles. The molecule has 0 radical (unpaired) electrons. The van der Waals surface area contributed by atoms with E-state index in [1.54, 1.807) is 11.3 Å². The van der Waals surface area contributed by atoms with Gasteiger partial charge in [-0.25, -0.2) is 0 Å². The van der Waals surface area contributed by atoms with Crippen LogP contribution in [0.1, 0.15) is 23.2 Å². The summed E-state index contributed by atoms with van der Waals surface area (Å²) in [5, 5.41) is 3.83. The van der Waals surface area contributed by atoms with Crippen LogP contribution in [0.2, 0.25) is 0 Å². The Balaban J connectivity index is 2.11. The van der Waals surface area contributed by atoms with E-state index in [1.807, 2.05) is 21.7 Å². The van der Waals surface area contributed by atoms with Crippen molar-refractivity contribution in [3.8, 4) is 0 Å². The van der Waals surface area contributed by atoms with E-state index in [9.17, 15) is 4.79 Å². The molecule has 1 aromatic rings. The summed E-state index contributed by atoms with van der Waals surface area (Å²) in [5.74, 6) is 0.138. The summed E-state index contributed by atoms with van der Waals surface area (Å²) in [6, 6.07) is 2.13. The van der Waals surface area contributed by atoms with Crippen LogP contribution in [0.5, 0.6) is 0 Å². The molecule has 2 N–H and O–H groups in total. The predicted octanol–water partition coefficient (Wildman–Crippen LogP) is 1.31. The summed E-state index contributed by atoms with van der Waals surface area (Å²) in [5.41, 5.74) is 6.43. The minimum Gasteiger partial charge on any atom is -0.334 e. The van der Waals surface area contributed by atoms with E-state index in [1.165, 1.54) is 0 Å². The number of hydrogen-bond donors (Lipinski definition) is 1. The second-order valence-corrected chi connectivity index (χ2v) is 4.32. The molecule has 0 unspecified atom stereocenters. The Morgan fingerprint density at radius 3 is 3.21 bits per heavy atom. The highest BCUT2D eigenvalue weighted by atomic mass is 32.1. The molecule has 1 aliphatic heterocycles. The number of rotatable bonds is 2. The third kappa shape index (κ3) is 1.67. The van der Waals surface area contributed by atoms with Crippen molar-refractivity contribution in [3.05, 3.63) is 22.4 Å². The van der Waals surface area contributed by atoms with Crippen molar-refractivity contribution >= 4 is 17.2 Å². The largest absolute Gasteiger partial charge is 0.334 e. The molecule has 0 bridgehead atoms. The zero-order valence-corrected chi connectivity index (χ0v) is 8.80. The number of nitrogens with zero attached hydrogens (tertiary/aromatic N) is 1. The summed E-state index contributed by atoms with van der Waals surface area (Å²) >= 11 is 1.56. The first-order chi connectivity index (χ1) is 6.83. The van der Waals surface area contributed by atoms with E-state index in [0.717, 1.165) is 24.9 Å². The van der Waals surface area contributed by atoms with Gasteiger partial charge in [0.1, 0.15) is 0 Å². The fourth-order valence-corrected chi connectivity index (χ4v) is 2.53. The summed E-state index contributed by atoms with van der Waals surface area (Å²) in [6.45, 7) is 1.44. The second kappa shape index (κ2) is 4.11. The van der Waals surface area contributed by atoms with Gasteiger partial charge in [-0.05, 0) is 24.3 Å². The summed E-state index contributed by atoms with van der Waals surface area (Å²) in [7, 11) is 0. The second-order valence-electron chi connectivity index (χ2n) is 3.54. The van der Waals surface area contributed by atoms with Gasteiger partial charge in [0.05, 0.1) is 5.56 Å². The van der Waals surface area contributed by atoms with Gasteiger partial charge in [-0.1, -0.05) is 0 Å². The lowest BCUT2D eigenvalue weighted by Crippen LogP contribution is -2.39. The average Bonchev–Trinajstić information content (AvgIpc) is 2.87. The predicted molar refractivity (Wildman–Crippen MR) is 57.4 cm³/mol. The first kappa shape index (κ1) is 9.68. The maximum Gasteiger partial charge on any atom is 0.254 e. The molecule has 0 aliphatic carbocycles. The molecule has 1 saturated heterocycles. The smallest absolute Gasteiger partial charge is 0.254 e. The Morgan fingerprint density at radius 1 is 1.71 bits per heavy atom. The first-order valence-corrected chi connectivity index (χ1v) is 5.80. The number of nitrogens with two attached hydrogens (primary N) is 1. The topological polar surface area (TPSA) is 46.3 Å². The van der Waals surface area contributed by atoms with Crippen LogP contribution in [0.25, 0.3) is 0 Å². The zero-order valence-electron chi connectivity index (χ0n) is 7.98. The molecule has 1 amide bonds. The minimum atomic E-state index is 0.138. The Labute approximate surface area is 87.5 Å². The Hall–Kier alpha value is -0.870. The van der Waals surface area contributed by atoms with Crippen LogP contribution in [0.15, 0.2) is 16.8 Å². The molecule has 3 nitrogen and oxygen atoms in total. The lowest BCUT2D eigenvalue weighted by molar-refractivity contribution is 0.0742. The molecule has 1 atom stereocenters. The molecule has 1 aromatic heterocycles. The van der Waals surface area contributed by atoms with Crippen LogP contribution >= 0.6 is 11.3 Å². The number of amides is 1. The molecular weight excluding hydrogens is 196 g/mol. The van der Waals surface area contributed by atoms with Crippen molar-refractivity contribution in [2.75, 3.05) is 13.1 Å². The van der Waals surface area contributed by atoms with Crippen molar-refractivity contribution in [1.29, 1.82) is 0 Å². The average molecular weight is 210 g/mol. The van der Waals surface area contributed by atoms with Gasteiger partial charge in [-0.15, -0.1) is 0 Å². The maximum atomic E-state index is 12.0. The molecule has 1 aliphatic rings. The molecule has 14 heavy (non-hydrogen) atoms. The molecule has 4 heteroatoms. The van der Waals surface area contributed by atoms with Gasteiger partial charge < -0.3 is 10.6 Å². The van der Waals surface area contributed by atoms with E-state index in [4.69, 9.17) is 5.73 Å². The highest BCUT2D eigenvalue weighted by Gasteiger charge is 2.28. The lowest BCUT2D eigenvalue weighted by Gasteiger charge is -2.22. The van der Waals surface area contributed by atoms with E-state index in [2.05, 4.69) is 0 Å². The van der Waals surface area contributed by atoms with Crippen LogP contribution in [0, 0.1) is 0 Å². The van der Waals surface area contributed by atoms with E-state index in [-0.39, 0.29) is 11.9 Å². The highest BCUT2D eigenvalue weighted by Crippen LogP contribution is 2.20. The molecule has 76 valence electrons. The standard InChI is InChI=1S/C10H14N2OS/c11-6-9-2-1-4-12(9)10(13)8-3-5-14-7-8/h3,5,7,9H,1-2,4,6,11H2/t9-/m1/s1. The molecule has 2 rings (SSSR count). The maximum absolute atomic E-state index is 12.0. The number of carbonyl (C=O) groups is 1. The van der Waals surface area contributed by atoms with Gasteiger partial charge in [0.2, 0.25) is 0 Å². The van der Waals surface area contributed by atoms with E-state index in [0.29, 0.717) is 6.54 Å². The van der Waals surface area contributed by atoms with Crippen molar-refractivity contribution in [2.24, 2.45) is 5.73 Å². The Morgan fingerprint density at radius 2 is 2.57 bits per heavy atom.